The third-order valence-electron chi connectivity index (χ3n) is 6.37. The van der Waals surface area contributed by atoms with E-state index in [0.717, 1.165) is 23.5 Å². The number of methoxy groups -OCH3 is 1. The summed E-state index contributed by atoms with van der Waals surface area (Å²) >= 11 is 0. The Bertz CT molecular complexity index is 1030. The first-order valence-electron chi connectivity index (χ1n) is 10.6. The minimum atomic E-state index is -0.0589. The van der Waals surface area contributed by atoms with E-state index in [1.807, 2.05) is 12.1 Å². The summed E-state index contributed by atoms with van der Waals surface area (Å²) in [5, 5.41) is 3.71. The van der Waals surface area contributed by atoms with Crippen LogP contribution in [0.1, 0.15) is 57.3 Å². The molecule has 0 unspecified atom stereocenters. The third kappa shape index (κ3) is 2.95. The zero-order valence-corrected chi connectivity index (χ0v) is 17.7. The number of fused-ring (bicyclic) bond motifs is 5. The number of nitrogens with one attached hydrogen (secondary N) is 1. The van der Waals surface area contributed by atoms with Gasteiger partial charge in [-0.05, 0) is 69.4 Å². The highest BCUT2D eigenvalue weighted by atomic mass is 16.5. The van der Waals surface area contributed by atoms with E-state index in [4.69, 9.17) is 9.47 Å². The first kappa shape index (κ1) is 18.4. The van der Waals surface area contributed by atoms with Crippen LogP contribution < -0.4 is 14.8 Å². The second-order valence-corrected chi connectivity index (χ2v) is 9.02. The van der Waals surface area contributed by atoms with Gasteiger partial charge in [0, 0.05) is 22.7 Å². The van der Waals surface area contributed by atoms with Crippen molar-refractivity contribution >= 4 is 11.3 Å². The van der Waals surface area contributed by atoms with Crippen molar-refractivity contribution in [2.24, 2.45) is 5.92 Å². The van der Waals surface area contributed by atoms with E-state index in [1.165, 1.54) is 40.8 Å². The molecule has 2 aliphatic heterocycles. The van der Waals surface area contributed by atoms with E-state index in [1.54, 1.807) is 7.11 Å². The van der Waals surface area contributed by atoms with Gasteiger partial charge in [0.2, 0.25) is 0 Å². The molecular formula is C26H29NO2. The highest BCUT2D eigenvalue weighted by Crippen LogP contribution is 2.54. The van der Waals surface area contributed by atoms with Gasteiger partial charge in [0.05, 0.1) is 18.2 Å². The molecule has 0 saturated carbocycles. The summed E-state index contributed by atoms with van der Waals surface area (Å²) in [7, 11) is 1.74. The van der Waals surface area contributed by atoms with Crippen molar-refractivity contribution < 1.29 is 9.47 Å². The third-order valence-corrected chi connectivity index (χ3v) is 6.37. The molecule has 1 aliphatic carbocycles. The van der Waals surface area contributed by atoms with Gasteiger partial charge < -0.3 is 14.8 Å². The van der Waals surface area contributed by atoms with E-state index < -0.39 is 0 Å². The van der Waals surface area contributed by atoms with Crippen LogP contribution in [0.25, 0.3) is 16.7 Å². The van der Waals surface area contributed by atoms with Crippen molar-refractivity contribution in [3.05, 3.63) is 59.7 Å². The highest BCUT2D eigenvalue weighted by Gasteiger charge is 2.37. The Hall–Kier alpha value is -2.68. The van der Waals surface area contributed by atoms with Crippen LogP contribution in [0.2, 0.25) is 0 Å². The lowest BCUT2D eigenvalue weighted by molar-refractivity contribution is 0.146. The van der Waals surface area contributed by atoms with Crippen molar-refractivity contribution in [2.75, 3.05) is 12.4 Å². The average Bonchev–Trinajstić information content (AvgIpc) is 2.71. The van der Waals surface area contributed by atoms with Crippen molar-refractivity contribution in [1.29, 1.82) is 0 Å². The molecule has 2 heterocycles. The number of rotatable bonds is 2. The topological polar surface area (TPSA) is 30.5 Å². The Labute approximate surface area is 173 Å². The highest BCUT2D eigenvalue weighted by molar-refractivity contribution is 5.91. The maximum atomic E-state index is 6.72. The Morgan fingerprint density at radius 1 is 1.14 bits per heavy atom. The molecule has 3 nitrogen and oxygen atoms in total. The van der Waals surface area contributed by atoms with Gasteiger partial charge in [0.1, 0.15) is 17.6 Å². The summed E-state index contributed by atoms with van der Waals surface area (Å²) in [6.45, 7) is 6.66. The van der Waals surface area contributed by atoms with Gasteiger partial charge in [0.15, 0.2) is 0 Å². The summed E-state index contributed by atoms with van der Waals surface area (Å²) in [4.78, 5) is 0. The molecule has 2 atom stereocenters. The fourth-order valence-corrected chi connectivity index (χ4v) is 5.29. The number of anilines is 1. The van der Waals surface area contributed by atoms with Gasteiger partial charge in [-0.3, -0.25) is 0 Å². The summed E-state index contributed by atoms with van der Waals surface area (Å²) in [5.74, 6) is 2.18. The quantitative estimate of drug-likeness (QED) is 0.578. The molecule has 0 spiro atoms. The van der Waals surface area contributed by atoms with Gasteiger partial charge >= 0.3 is 0 Å². The molecule has 1 N–H and O–H groups in total. The fourth-order valence-electron chi connectivity index (χ4n) is 5.29. The molecule has 0 bridgehead atoms. The maximum absolute atomic E-state index is 6.72. The molecule has 3 heteroatoms. The number of ether oxygens (including phenoxy) is 2. The Kier molecular flexibility index (Phi) is 4.23. The predicted octanol–water partition coefficient (Wildman–Crippen LogP) is 6.76. The fraction of sp³-hybridized carbons (Fsp3) is 0.385. The lowest BCUT2D eigenvalue weighted by Crippen LogP contribution is -2.33. The minimum Gasteiger partial charge on any atom is -0.496 e. The van der Waals surface area contributed by atoms with E-state index in [0.29, 0.717) is 5.92 Å². The second-order valence-electron chi connectivity index (χ2n) is 9.02. The molecule has 0 saturated heterocycles. The minimum absolute atomic E-state index is 0.0162. The van der Waals surface area contributed by atoms with E-state index in [2.05, 4.69) is 62.5 Å². The van der Waals surface area contributed by atoms with Crippen LogP contribution in [0.4, 0.5) is 5.69 Å². The van der Waals surface area contributed by atoms with Crippen molar-refractivity contribution in [2.45, 2.75) is 51.7 Å². The summed E-state index contributed by atoms with van der Waals surface area (Å²) < 4.78 is 12.5. The van der Waals surface area contributed by atoms with Gasteiger partial charge in [0.25, 0.3) is 0 Å². The lowest BCUT2D eigenvalue weighted by atomic mass is 9.77. The van der Waals surface area contributed by atoms with Gasteiger partial charge in [-0.15, -0.1) is 0 Å². The van der Waals surface area contributed by atoms with E-state index in [-0.39, 0.29) is 11.6 Å². The van der Waals surface area contributed by atoms with Crippen LogP contribution in [0.3, 0.4) is 0 Å². The molecule has 0 fully saturated rings. The smallest absolute Gasteiger partial charge is 0.131 e. The molecule has 0 amide bonds. The largest absolute Gasteiger partial charge is 0.496 e. The van der Waals surface area contributed by atoms with E-state index >= 15 is 0 Å². The van der Waals surface area contributed by atoms with Gasteiger partial charge in [-0.1, -0.05) is 30.4 Å². The first-order chi connectivity index (χ1) is 14.0. The molecule has 5 rings (SSSR count). The van der Waals surface area contributed by atoms with E-state index in [9.17, 15) is 0 Å². The normalized spacial score (nSPS) is 23.7. The number of benzene rings is 2. The molecule has 2 aromatic rings. The summed E-state index contributed by atoms with van der Waals surface area (Å²) in [6, 6.07) is 10.6. The average molecular weight is 388 g/mol. The lowest BCUT2D eigenvalue weighted by Gasteiger charge is -2.39. The zero-order chi connectivity index (χ0) is 20.2. The number of allylic oxidation sites excluding steroid dienone is 2. The number of hydrogen-bond acceptors (Lipinski definition) is 3. The predicted molar refractivity (Wildman–Crippen MR) is 120 cm³/mol. The van der Waals surface area contributed by atoms with Crippen LogP contribution in [0, 0.1) is 5.92 Å². The van der Waals surface area contributed by atoms with Crippen LogP contribution in [-0.2, 0) is 0 Å². The second kappa shape index (κ2) is 6.69. The van der Waals surface area contributed by atoms with Crippen LogP contribution in [-0.4, -0.2) is 12.6 Å². The van der Waals surface area contributed by atoms with Crippen LogP contribution in [0.15, 0.2) is 48.6 Å². The van der Waals surface area contributed by atoms with Crippen LogP contribution >= 0.6 is 0 Å². The monoisotopic (exact) mass is 387 g/mol. The summed E-state index contributed by atoms with van der Waals surface area (Å²) in [6.07, 6.45) is 10.6. The zero-order valence-electron chi connectivity index (χ0n) is 17.7. The van der Waals surface area contributed by atoms with Crippen molar-refractivity contribution in [3.8, 4) is 22.6 Å². The maximum Gasteiger partial charge on any atom is 0.131 e. The Balaban J connectivity index is 1.78. The van der Waals surface area contributed by atoms with Gasteiger partial charge in [-0.25, -0.2) is 0 Å². The van der Waals surface area contributed by atoms with Crippen molar-refractivity contribution in [1.82, 2.24) is 0 Å². The summed E-state index contributed by atoms with van der Waals surface area (Å²) in [5.41, 5.74) is 7.35. The van der Waals surface area contributed by atoms with Crippen LogP contribution in [0.5, 0.6) is 11.5 Å². The standard InChI is InChI=1S/C26H29NO2/c1-16-15-26(2,3)27-19-14-13-18-23-20(28-4)11-8-12-21(23)29-25(24(18)22(16)19)17-9-6-5-7-10-17/h6,8-9,11-15,17,25,27H,5,7,10H2,1-4H3/t17-,25+/m1/s1. The Morgan fingerprint density at radius 2 is 2.00 bits per heavy atom. The molecule has 3 aliphatic rings. The SMILES string of the molecule is COc1cccc2c1-c1ccc3c(c1[C@H]([C@@H]1C=CCCC1)O2)C(C)=CC(C)(C)N3. The van der Waals surface area contributed by atoms with Gasteiger partial charge in [-0.2, -0.15) is 0 Å². The Morgan fingerprint density at radius 3 is 2.76 bits per heavy atom. The molecule has 29 heavy (non-hydrogen) atoms. The first-order valence-corrected chi connectivity index (χ1v) is 10.6. The number of hydrogen-bond donors (Lipinski definition) is 1. The van der Waals surface area contributed by atoms with Crippen molar-refractivity contribution in [3.63, 3.8) is 0 Å². The molecule has 0 radical (unpaired) electrons. The molecule has 2 aromatic carbocycles. The molecular weight excluding hydrogens is 358 g/mol. The molecule has 150 valence electrons. The molecule has 0 aromatic heterocycles.